The third-order valence-electron chi connectivity index (χ3n) is 11.9. The second-order valence-corrected chi connectivity index (χ2v) is 50.1. The van der Waals surface area contributed by atoms with Crippen LogP contribution in [0.2, 0.25) is 9.26 Å². The van der Waals surface area contributed by atoms with Gasteiger partial charge in [0.1, 0.15) is 0 Å². The maximum atomic E-state index is 2.82. The molecule has 52 heavy (non-hydrogen) atoms. The molecule has 278 valence electrons. The molecule has 0 nitrogen and oxygen atoms in total. The van der Waals surface area contributed by atoms with Gasteiger partial charge in [0, 0.05) is 0 Å². The Kier molecular flexibility index (Phi) is 12.3. The molecule has 0 fully saturated rings. The second-order valence-electron chi connectivity index (χ2n) is 19.6. The summed E-state index contributed by atoms with van der Waals surface area (Å²) in [5.74, 6) is 1.11. The van der Waals surface area contributed by atoms with Crippen molar-refractivity contribution in [2.45, 2.75) is 110 Å². The zero-order chi connectivity index (χ0) is 36.6. The Balaban J connectivity index is 0.00000302. The van der Waals surface area contributed by atoms with Gasteiger partial charge in [-0.1, -0.05) is 0 Å². The Labute approximate surface area is 331 Å². The van der Waals surface area contributed by atoms with E-state index in [4.69, 9.17) is 0 Å². The standard InChI is InChI=1S/C24H29.C22H25.2CH3.2ClH.H2Si.Zr/c1-16(2)13-18-14-22-17(3)7-12-21(23(22)15-18)19-8-10-20(11-9-19)24(4,5)6;1-15(2)18-13-17-7-6-8-20(21(17)14-18)16-9-11-19(12-10-16)22(3,4)5;;;;;;/h7-12,14-16H,13H2,1-6H3;6-15H,1-5H3;2*1H3;2*1H;1H2;. The molecule has 2 aliphatic rings. The molecule has 2 aliphatic carbocycles. The first kappa shape index (κ1) is 42.8. The summed E-state index contributed by atoms with van der Waals surface area (Å²) in [5.41, 5.74) is 19.5. The van der Waals surface area contributed by atoms with E-state index in [1.165, 1.54) is 50.1 Å². The Hall–Kier alpha value is -1.96. The van der Waals surface area contributed by atoms with E-state index in [0.717, 1.165) is 6.42 Å². The van der Waals surface area contributed by atoms with Gasteiger partial charge in [-0.25, -0.2) is 0 Å². The fraction of sp³-hybridized carbons (Fsp3) is 0.417. The largest absolute Gasteiger partial charge is 0.147 e. The topological polar surface area (TPSA) is 0 Å². The number of halogens is 2. The zero-order valence-corrected chi connectivity index (χ0v) is 39.7. The van der Waals surface area contributed by atoms with E-state index in [2.05, 4.69) is 183 Å². The van der Waals surface area contributed by atoms with Crippen LogP contribution in [0.5, 0.6) is 0 Å². The van der Waals surface area contributed by atoms with Crippen molar-refractivity contribution < 1.29 is 17.4 Å². The normalized spacial score (nSPS) is 17.3. The second kappa shape index (κ2) is 14.9. The molecule has 6 rings (SSSR count). The fourth-order valence-corrected chi connectivity index (χ4v) is 29.3. The molecular weight excluding hydrogens is 767 g/mol. The average Bonchev–Trinajstić information content (AvgIpc) is 3.62. The number of rotatable bonds is 7. The van der Waals surface area contributed by atoms with Gasteiger partial charge in [0.2, 0.25) is 0 Å². The van der Waals surface area contributed by atoms with Gasteiger partial charge in [0.15, 0.2) is 0 Å². The number of benzene rings is 4. The molecule has 0 saturated carbocycles. The van der Waals surface area contributed by atoms with Crippen LogP contribution in [0.3, 0.4) is 0 Å². The molecule has 4 aromatic carbocycles. The van der Waals surface area contributed by atoms with Crippen LogP contribution in [0.4, 0.5) is 0 Å². The molecular formula is C48H64Cl2SiZr. The van der Waals surface area contributed by atoms with Crippen molar-refractivity contribution in [3.05, 3.63) is 129 Å². The first-order valence-electron chi connectivity index (χ1n) is 19.1. The van der Waals surface area contributed by atoms with Gasteiger partial charge in [-0.15, -0.1) is 24.8 Å². The summed E-state index contributed by atoms with van der Waals surface area (Å²) in [6.45, 7) is 28.4. The van der Waals surface area contributed by atoms with Crippen LogP contribution in [0.15, 0.2) is 90.0 Å². The van der Waals surface area contributed by atoms with Crippen molar-refractivity contribution in [2.75, 3.05) is 0 Å². The summed E-state index contributed by atoms with van der Waals surface area (Å²) in [4.78, 5) is 0. The third-order valence-corrected chi connectivity index (χ3v) is 29.3. The van der Waals surface area contributed by atoms with E-state index in [1.54, 1.807) is 22.3 Å². The molecule has 0 spiro atoms. The smallest absolute Gasteiger partial charge is 0.147 e. The Bertz CT molecular complexity index is 2070. The molecule has 0 aromatic heterocycles. The van der Waals surface area contributed by atoms with Crippen molar-refractivity contribution in [1.82, 2.24) is 0 Å². The monoisotopic (exact) mass is 828 g/mol. The predicted octanol–water partition coefficient (Wildman–Crippen LogP) is 14.4. The van der Waals surface area contributed by atoms with Crippen LogP contribution in [0.25, 0.3) is 34.4 Å². The van der Waals surface area contributed by atoms with Gasteiger partial charge in [0.25, 0.3) is 0 Å². The summed E-state index contributed by atoms with van der Waals surface area (Å²) in [6, 6.07) is 30.9. The number of aryl methyl sites for hydroxylation is 1. The molecule has 4 heteroatoms. The van der Waals surface area contributed by atoms with E-state index < -0.39 is 17.4 Å². The Morgan fingerprint density at radius 2 is 1.13 bits per heavy atom. The molecule has 0 heterocycles. The molecule has 0 saturated heterocycles. The molecule has 0 amide bonds. The van der Waals surface area contributed by atoms with Crippen LogP contribution >= 0.6 is 24.8 Å². The zero-order valence-electron chi connectivity index (χ0n) is 34.2. The van der Waals surface area contributed by atoms with Gasteiger partial charge < -0.3 is 0 Å². The number of hydrogen-bond donors (Lipinski definition) is 0. The minimum Gasteiger partial charge on any atom is -0.147 e. The van der Waals surface area contributed by atoms with Gasteiger partial charge in [-0.2, -0.15) is 0 Å². The first-order chi connectivity index (χ1) is 23.2. The molecule has 4 aromatic rings. The number of hydrogen-bond acceptors (Lipinski definition) is 0. The minimum absolute atomic E-state index is 0. The SMILES string of the molecule is Cc1ccc(-c2ccc(C(C)(C)C)cc2)c2c1[CH]([Zr]([CH3])([CH3])(=[SiH2])[CH]1C(C(C)C)=Cc3c(-c4ccc(C(C)(C)C)cc4)cccc31)C(CC(C)C)=C2.Cl.Cl. The van der Waals surface area contributed by atoms with Crippen molar-refractivity contribution in [3.63, 3.8) is 0 Å². The van der Waals surface area contributed by atoms with Gasteiger partial charge >= 0.3 is 309 Å². The minimum atomic E-state index is -3.81. The summed E-state index contributed by atoms with van der Waals surface area (Å²) in [7, 11) is 0. The summed E-state index contributed by atoms with van der Waals surface area (Å²) in [5, 5.41) is 0. The van der Waals surface area contributed by atoms with E-state index in [1.807, 2.05) is 0 Å². The quantitative estimate of drug-likeness (QED) is 0.163. The van der Waals surface area contributed by atoms with Crippen molar-refractivity contribution in [2.24, 2.45) is 11.8 Å². The predicted molar refractivity (Wildman–Crippen MR) is 236 cm³/mol. The summed E-state index contributed by atoms with van der Waals surface area (Å²) in [6.07, 6.45) is 6.45. The van der Waals surface area contributed by atoms with Crippen LogP contribution in [-0.4, -0.2) is 6.88 Å². The molecule has 0 bridgehead atoms. The van der Waals surface area contributed by atoms with E-state index in [0.29, 0.717) is 19.1 Å². The Morgan fingerprint density at radius 1 is 0.635 bits per heavy atom. The van der Waals surface area contributed by atoms with Crippen LogP contribution < -0.4 is 0 Å². The summed E-state index contributed by atoms with van der Waals surface area (Å²) < 4.78 is 6.64. The average molecular weight is 831 g/mol. The van der Waals surface area contributed by atoms with Crippen molar-refractivity contribution >= 4 is 43.8 Å². The molecule has 2 unspecified atom stereocenters. The summed E-state index contributed by atoms with van der Waals surface area (Å²) >= 11 is -3.81. The third kappa shape index (κ3) is 7.76. The maximum Gasteiger partial charge on any atom is -0.147 e. The first-order valence-corrected chi connectivity index (χ1v) is 32.8. The van der Waals surface area contributed by atoms with Crippen LogP contribution in [-0.2, 0) is 28.2 Å². The van der Waals surface area contributed by atoms with Gasteiger partial charge in [0.05, 0.1) is 0 Å². The van der Waals surface area contributed by atoms with Gasteiger partial charge in [-0.3, -0.25) is 0 Å². The molecule has 2 atom stereocenters. The van der Waals surface area contributed by atoms with Crippen LogP contribution in [0, 0.1) is 18.8 Å². The number of allylic oxidation sites excluding steroid dienone is 2. The number of fused-ring (bicyclic) bond motifs is 2. The van der Waals surface area contributed by atoms with Crippen LogP contribution in [0.1, 0.15) is 122 Å². The molecule has 0 radical (unpaired) electrons. The van der Waals surface area contributed by atoms with E-state index in [9.17, 15) is 0 Å². The maximum absolute atomic E-state index is 3.81. The molecule has 0 N–H and O–H groups in total. The van der Waals surface area contributed by atoms with E-state index >= 15 is 0 Å². The van der Waals surface area contributed by atoms with Gasteiger partial charge in [-0.05, 0) is 0 Å². The van der Waals surface area contributed by atoms with E-state index in [-0.39, 0.29) is 35.6 Å². The Morgan fingerprint density at radius 3 is 1.60 bits per heavy atom. The molecule has 0 aliphatic heterocycles. The van der Waals surface area contributed by atoms with Crippen molar-refractivity contribution in [3.8, 4) is 22.3 Å². The fourth-order valence-electron chi connectivity index (χ4n) is 9.42. The van der Waals surface area contributed by atoms with Crippen molar-refractivity contribution in [1.29, 1.82) is 0 Å².